The van der Waals surface area contributed by atoms with Gasteiger partial charge in [0, 0.05) is 31.0 Å². The molecule has 0 fully saturated rings. The van der Waals surface area contributed by atoms with Gasteiger partial charge in [-0.2, -0.15) is 0 Å². The molecule has 2 aromatic rings. The van der Waals surface area contributed by atoms with E-state index in [1.807, 2.05) is 44.3 Å². The Morgan fingerprint density at radius 3 is 2.77 bits per heavy atom. The van der Waals surface area contributed by atoms with Crippen LogP contribution in [0.4, 0.5) is 5.69 Å². The third kappa shape index (κ3) is 3.90. The molecule has 26 heavy (non-hydrogen) atoms. The molecule has 1 aliphatic rings. The Morgan fingerprint density at radius 1 is 1.23 bits per heavy atom. The average Bonchev–Trinajstić information content (AvgIpc) is 3.04. The van der Waals surface area contributed by atoms with Gasteiger partial charge in [-0.05, 0) is 81.3 Å². The quantitative estimate of drug-likeness (QED) is 0.437. The number of rotatable bonds is 6. The van der Waals surface area contributed by atoms with E-state index in [2.05, 4.69) is 28.7 Å². The Bertz CT molecular complexity index is 832. The molecule has 0 atom stereocenters. The van der Waals surface area contributed by atoms with Crippen LogP contribution < -0.4 is 0 Å². The molecular weight excluding hydrogens is 322 g/mol. The van der Waals surface area contributed by atoms with Gasteiger partial charge in [-0.25, -0.2) is 4.99 Å². The first kappa shape index (κ1) is 18.4. The number of hydrogen-bond acceptors (Lipinski definition) is 2. The average molecular weight is 351 g/mol. The molecule has 0 unspecified atom stereocenters. The molecule has 0 radical (unpaired) electrons. The van der Waals surface area contributed by atoms with Gasteiger partial charge in [-0.3, -0.25) is 4.79 Å². The van der Waals surface area contributed by atoms with Gasteiger partial charge in [0.2, 0.25) is 0 Å². The number of carbonyl (C=O) groups excluding carboxylic acids is 1. The fraction of sp³-hybridized carbons (Fsp3) is 0.455. The van der Waals surface area contributed by atoms with Gasteiger partial charge in [-0.1, -0.05) is 0 Å². The zero-order valence-electron chi connectivity index (χ0n) is 16.4. The maximum atomic E-state index is 12.9. The van der Waals surface area contributed by atoms with E-state index in [0.717, 1.165) is 41.8 Å². The van der Waals surface area contributed by atoms with Gasteiger partial charge < -0.3 is 9.47 Å². The van der Waals surface area contributed by atoms with Crippen molar-refractivity contribution in [1.82, 2.24) is 9.47 Å². The van der Waals surface area contributed by atoms with E-state index in [4.69, 9.17) is 0 Å². The molecule has 0 aliphatic heterocycles. The highest BCUT2D eigenvalue weighted by atomic mass is 16.1. The summed E-state index contributed by atoms with van der Waals surface area (Å²) in [5, 5.41) is 0. The highest BCUT2D eigenvalue weighted by Gasteiger charge is 2.17. The Hall–Kier alpha value is -2.36. The molecule has 1 aromatic carbocycles. The van der Waals surface area contributed by atoms with Crippen molar-refractivity contribution in [3.63, 3.8) is 0 Å². The summed E-state index contributed by atoms with van der Waals surface area (Å²) in [5.41, 5.74) is 6.54. The maximum absolute atomic E-state index is 12.9. The van der Waals surface area contributed by atoms with E-state index in [0.29, 0.717) is 6.54 Å². The first-order valence-corrected chi connectivity index (χ1v) is 9.55. The molecule has 0 amide bonds. The fourth-order valence-corrected chi connectivity index (χ4v) is 3.56. The van der Waals surface area contributed by atoms with Crippen LogP contribution in [0.2, 0.25) is 0 Å². The summed E-state index contributed by atoms with van der Waals surface area (Å²) in [6, 6.07) is 6.20. The number of nitrogens with zero attached hydrogens (tertiary/aromatic N) is 3. The SMILES string of the molecule is CCN(C)C=Nc1cc(C)c(C(=O)Cn2ccc3c2CCCC3)cc1C. The zero-order chi connectivity index (χ0) is 18.7. The van der Waals surface area contributed by atoms with Gasteiger partial charge >= 0.3 is 0 Å². The lowest BCUT2D eigenvalue weighted by molar-refractivity contribution is 0.0970. The van der Waals surface area contributed by atoms with Crippen LogP contribution in [0.3, 0.4) is 0 Å². The van der Waals surface area contributed by atoms with Crippen molar-refractivity contribution in [3.8, 4) is 0 Å². The molecule has 138 valence electrons. The minimum atomic E-state index is 0.177. The molecule has 4 nitrogen and oxygen atoms in total. The molecule has 0 spiro atoms. The highest BCUT2D eigenvalue weighted by Crippen LogP contribution is 2.25. The van der Waals surface area contributed by atoms with Gasteiger partial charge in [-0.15, -0.1) is 0 Å². The molecule has 1 heterocycles. The molecule has 1 aromatic heterocycles. The predicted molar refractivity (Wildman–Crippen MR) is 108 cm³/mol. The normalized spacial score (nSPS) is 13.8. The van der Waals surface area contributed by atoms with E-state index >= 15 is 0 Å². The minimum absolute atomic E-state index is 0.177. The van der Waals surface area contributed by atoms with Crippen LogP contribution in [0.1, 0.15) is 52.5 Å². The summed E-state index contributed by atoms with van der Waals surface area (Å²) in [4.78, 5) is 19.5. The summed E-state index contributed by atoms with van der Waals surface area (Å²) >= 11 is 0. The fourth-order valence-electron chi connectivity index (χ4n) is 3.56. The molecule has 3 rings (SSSR count). The molecule has 0 N–H and O–H groups in total. The largest absolute Gasteiger partial charge is 0.366 e. The lowest BCUT2D eigenvalue weighted by Crippen LogP contribution is -2.15. The molecule has 1 aliphatic carbocycles. The van der Waals surface area contributed by atoms with Crippen LogP contribution in [0.25, 0.3) is 0 Å². The van der Waals surface area contributed by atoms with Gasteiger partial charge in [0.1, 0.15) is 0 Å². The highest BCUT2D eigenvalue weighted by molar-refractivity contribution is 5.98. The molecule has 0 saturated heterocycles. The monoisotopic (exact) mass is 351 g/mol. The number of ketones is 1. The van der Waals surface area contributed by atoms with Crippen molar-refractivity contribution in [2.24, 2.45) is 4.99 Å². The first-order chi connectivity index (χ1) is 12.5. The number of benzene rings is 1. The lowest BCUT2D eigenvalue weighted by atomic mass is 9.97. The van der Waals surface area contributed by atoms with E-state index in [1.54, 1.807) is 0 Å². The van der Waals surface area contributed by atoms with Crippen LogP contribution in [0.5, 0.6) is 0 Å². The van der Waals surface area contributed by atoms with Gasteiger partial charge in [0.25, 0.3) is 0 Å². The van der Waals surface area contributed by atoms with E-state index < -0.39 is 0 Å². The second-order valence-electron chi connectivity index (χ2n) is 7.32. The number of Topliss-reactive ketones (excluding diaryl/α,β-unsaturated/α-hetero) is 1. The molecule has 4 heteroatoms. The van der Waals surface area contributed by atoms with Crippen LogP contribution in [0, 0.1) is 13.8 Å². The summed E-state index contributed by atoms with van der Waals surface area (Å²) in [6.07, 6.45) is 8.64. The Balaban J connectivity index is 1.80. The van der Waals surface area contributed by atoms with E-state index in [9.17, 15) is 4.79 Å². The third-order valence-electron chi connectivity index (χ3n) is 5.33. The van der Waals surface area contributed by atoms with Crippen LogP contribution >= 0.6 is 0 Å². The van der Waals surface area contributed by atoms with Crippen molar-refractivity contribution in [1.29, 1.82) is 0 Å². The number of hydrogen-bond donors (Lipinski definition) is 0. The summed E-state index contributed by atoms with van der Waals surface area (Å²) in [5.74, 6) is 0.177. The first-order valence-electron chi connectivity index (χ1n) is 9.55. The van der Waals surface area contributed by atoms with Crippen LogP contribution in [-0.2, 0) is 19.4 Å². The number of carbonyl (C=O) groups is 1. The summed E-state index contributed by atoms with van der Waals surface area (Å²) in [6.45, 7) is 7.45. The van der Waals surface area contributed by atoms with Crippen molar-refractivity contribution in [2.75, 3.05) is 13.6 Å². The lowest BCUT2D eigenvalue weighted by Gasteiger charge is -2.16. The smallest absolute Gasteiger partial charge is 0.182 e. The van der Waals surface area contributed by atoms with Crippen molar-refractivity contribution in [3.05, 3.63) is 52.3 Å². The topological polar surface area (TPSA) is 37.6 Å². The number of aromatic nitrogens is 1. The summed E-state index contributed by atoms with van der Waals surface area (Å²) in [7, 11) is 2.00. The molecule has 0 saturated carbocycles. The van der Waals surface area contributed by atoms with Crippen molar-refractivity contribution >= 4 is 17.8 Å². The third-order valence-corrected chi connectivity index (χ3v) is 5.33. The van der Waals surface area contributed by atoms with Gasteiger partial charge in [0.15, 0.2) is 5.78 Å². The number of aryl methyl sites for hydroxylation is 3. The van der Waals surface area contributed by atoms with E-state index in [1.165, 1.54) is 24.1 Å². The summed E-state index contributed by atoms with van der Waals surface area (Å²) < 4.78 is 2.15. The molecule has 0 bridgehead atoms. The van der Waals surface area contributed by atoms with Crippen molar-refractivity contribution < 1.29 is 4.79 Å². The van der Waals surface area contributed by atoms with Gasteiger partial charge in [0.05, 0.1) is 18.6 Å². The maximum Gasteiger partial charge on any atom is 0.182 e. The second-order valence-corrected chi connectivity index (χ2v) is 7.32. The van der Waals surface area contributed by atoms with Crippen LogP contribution in [-0.4, -0.2) is 35.2 Å². The van der Waals surface area contributed by atoms with Crippen molar-refractivity contribution in [2.45, 2.75) is 53.0 Å². The van der Waals surface area contributed by atoms with E-state index in [-0.39, 0.29) is 5.78 Å². The Kier molecular flexibility index (Phi) is 5.60. The number of fused-ring (bicyclic) bond motifs is 1. The molecular formula is C22H29N3O. The second kappa shape index (κ2) is 7.90. The Morgan fingerprint density at radius 2 is 2.00 bits per heavy atom. The predicted octanol–water partition coefficient (Wildman–Crippen LogP) is 4.48. The number of aliphatic imine (C=N–C) groups is 1. The van der Waals surface area contributed by atoms with Crippen LogP contribution in [0.15, 0.2) is 29.4 Å². The Labute approximate surface area is 156 Å². The standard InChI is InChI=1S/C22H29N3O/c1-5-24(4)15-23-20-13-16(2)19(12-17(20)3)22(26)14-25-11-10-18-8-6-7-9-21(18)25/h10-13,15H,5-9,14H2,1-4H3. The zero-order valence-corrected chi connectivity index (χ0v) is 16.4. The minimum Gasteiger partial charge on any atom is -0.366 e.